The van der Waals surface area contributed by atoms with E-state index in [4.69, 9.17) is 0 Å². The molecular formula is C20H22N4. The molecular weight excluding hydrogens is 296 g/mol. The van der Waals surface area contributed by atoms with Crippen molar-refractivity contribution < 1.29 is 0 Å². The number of aryl methyl sites for hydroxylation is 2. The van der Waals surface area contributed by atoms with E-state index in [9.17, 15) is 0 Å². The molecule has 0 bridgehead atoms. The highest BCUT2D eigenvalue weighted by molar-refractivity contribution is 5.66. The first-order valence-corrected chi connectivity index (χ1v) is 8.33. The van der Waals surface area contributed by atoms with Gasteiger partial charge in [-0.2, -0.15) is 4.98 Å². The van der Waals surface area contributed by atoms with Gasteiger partial charge in [0.2, 0.25) is 5.95 Å². The Labute approximate surface area is 143 Å². The van der Waals surface area contributed by atoms with Crippen molar-refractivity contribution in [2.24, 2.45) is 0 Å². The number of para-hydroxylation sites is 2. The second-order valence-corrected chi connectivity index (χ2v) is 5.54. The highest BCUT2D eigenvalue weighted by Gasteiger charge is 2.08. The number of rotatable bonds is 6. The SMILES string of the molecule is CCc1cccc(CC)c1Nc1ccnc(Nc2ccccc2)n1. The second kappa shape index (κ2) is 7.59. The fourth-order valence-corrected chi connectivity index (χ4v) is 2.67. The van der Waals surface area contributed by atoms with E-state index in [1.165, 1.54) is 11.1 Å². The maximum Gasteiger partial charge on any atom is 0.229 e. The van der Waals surface area contributed by atoms with Gasteiger partial charge >= 0.3 is 0 Å². The Bertz CT molecular complexity index is 777. The van der Waals surface area contributed by atoms with Gasteiger partial charge in [-0.25, -0.2) is 4.98 Å². The molecule has 4 heteroatoms. The van der Waals surface area contributed by atoms with Crippen molar-refractivity contribution in [2.45, 2.75) is 26.7 Å². The molecule has 0 aliphatic carbocycles. The predicted octanol–water partition coefficient (Wildman–Crippen LogP) is 5.09. The fourth-order valence-electron chi connectivity index (χ4n) is 2.67. The molecule has 0 spiro atoms. The third-order valence-electron chi connectivity index (χ3n) is 3.94. The Hall–Kier alpha value is -2.88. The van der Waals surface area contributed by atoms with Gasteiger partial charge in [-0.1, -0.05) is 50.2 Å². The van der Waals surface area contributed by atoms with Crippen LogP contribution in [-0.2, 0) is 12.8 Å². The maximum absolute atomic E-state index is 4.58. The standard InChI is InChI=1S/C20H22N4/c1-3-15-9-8-10-16(4-2)19(15)23-18-13-14-21-20(24-18)22-17-11-6-5-7-12-17/h5-14H,3-4H2,1-2H3,(H2,21,22,23,24). The van der Waals surface area contributed by atoms with Crippen molar-refractivity contribution in [3.63, 3.8) is 0 Å². The van der Waals surface area contributed by atoms with E-state index < -0.39 is 0 Å². The zero-order valence-corrected chi connectivity index (χ0v) is 14.1. The number of hydrogen-bond donors (Lipinski definition) is 2. The van der Waals surface area contributed by atoms with Crippen molar-refractivity contribution in [1.82, 2.24) is 9.97 Å². The van der Waals surface area contributed by atoms with Crippen LogP contribution in [0.15, 0.2) is 60.8 Å². The lowest BCUT2D eigenvalue weighted by molar-refractivity contribution is 1.08. The molecule has 3 aromatic rings. The molecule has 4 nitrogen and oxygen atoms in total. The summed E-state index contributed by atoms with van der Waals surface area (Å²) in [6.07, 6.45) is 3.73. The van der Waals surface area contributed by atoms with Gasteiger partial charge < -0.3 is 10.6 Å². The van der Waals surface area contributed by atoms with E-state index in [-0.39, 0.29) is 0 Å². The van der Waals surface area contributed by atoms with Crippen molar-refractivity contribution in [3.05, 3.63) is 71.9 Å². The molecule has 24 heavy (non-hydrogen) atoms. The Balaban J connectivity index is 1.85. The van der Waals surface area contributed by atoms with Gasteiger partial charge in [0.1, 0.15) is 5.82 Å². The minimum atomic E-state index is 0.582. The fraction of sp³-hybridized carbons (Fsp3) is 0.200. The third-order valence-corrected chi connectivity index (χ3v) is 3.94. The smallest absolute Gasteiger partial charge is 0.229 e. The Kier molecular flexibility index (Phi) is 5.06. The van der Waals surface area contributed by atoms with E-state index in [1.807, 2.05) is 36.4 Å². The zero-order chi connectivity index (χ0) is 16.8. The molecule has 0 saturated heterocycles. The number of hydrogen-bond acceptors (Lipinski definition) is 4. The Morgan fingerprint density at radius 2 is 1.50 bits per heavy atom. The van der Waals surface area contributed by atoms with Crippen LogP contribution < -0.4 is 10.6 Å². The lowest BCUT2D eigenvalue weighted by Gasteiger charge is -2.15. The van der Waals surface area contributed by atoms with Crippen LogP contribution >= 0.6 is 0 Å². The molecule has 0 radical (unpaired) electrons. The molecule has 1 aromatic heterocycles. The van der Waals surface area contributed by atoms with Gasteiger partial charge in [-0.15, -0.1) is 0 Å². The quantitative estimate of drug-likeness (QED) is 0.665. The second-order valence-electron chi connectivity index (χ2n) is 5.54. The largest absolute Gasteiger partial charge is 0.340 e. The average molecular weight is 318 g/mol. The van der Waals surface area contributed by atoms with Crippen LogP contribution in [0.2, 0.25) is 0 Å². The van der Waals surface area contributed by atoms with E-state index >= 15 is 0 Å². The third kappa shape index (κ3) is 3.71. The highest BCUT2D eigenvalue weighted by Crippen LogP contribution is 2.26. The summed E-state index contributed by atoms with van der Waals surface area (Å²) in [6, 6.07) is 18.3. The molecule has 0 aliphatic heterocycles. The van der Waals surface area contributed by atoms with E-state index in [1.54, 1.807) is 6.20 Å². The molecule has 0 saturated carbocycles. The van der Waals surface area contributed by atoms with E-state index in [2.05, 4.69) is 52.6 Å². The number of nitrogens with one attached hydrogen (secondary N) is 2. The first kappa shape index (κ1) is 16.0. The number of anilines is 4. The molecule has 122 valence electrons. The Morgan fingerprint density at radius 1 is 0.792 bits per heavy atom. The average Bonchev–Trinajstić information content (AvgIpc) is 2.63. The summed E-state index contributed by atoms with van der Waals surface area (Å²) in [7, 11) is 0. The first-order valence-electron chi connectivity index (χ1n) is 8.33. The van der Waals surface area contributed by atoms with Crippen LogP contribution in [0.3, 0.4) is 0 Å². The molecule has 0 fully saturated rings. The molecule has 0 atom stereocenters. The minimum Gasteiger partial charge on any atom is -0.340 e. The van der Waals surface area contributed by atoms with Crippen LogP contribution in [0.4, 0.5) is 23.1 Å². The van der Waals surface area contributed by atoms with Crippen LogP contribution in [-0.4, -0.2) is 9.97 Å². The highest BCUT2D eigenvalue weighted by atomic mass is 15.1. The summed E-state index contributed by atoms with van der Waals surface area (Å²) in [6.45, 7) is 4.34. The van der Waals surface area contributed by atoms with E-state index in [0.717, 1.165) is 30.0 Å². The normalized spacial score (nSPS) is 10.4. The number of aromatic nitrogens is 2. The van der Waals surface area contributed by atoms with Crippen molar-refractivity contribution >= 4 is 23.1 Å². The van der Waals surface area contributed by atoms with Gasteiger partial charge in [0.25, 0.3) is 0 Å². The van der Waals surface area contributed by atoms with E-state index in [0.29, 0.717) is 5.95 Å². The van der Waals surface area contributed by atoms with Crippen molar-refractivity contribution in [1.29, 1.82) is 0 Å². The van der Waals surface area contributed by atoms with Crippen LogP contribution in [0.5, 0.6) is 0 Å². The van der Waals surface area contributed by atoms with Gasteiger partial charge in [0.05, 0.1) is 0 Å². The Morgan fingerprint density at radius 3 is 2.17 bits per heavy atom. The van der Waals surface area contributed by atoms with Gasteiger partial charge in [-0.3, -0.25) is 0 Å². The molecule has 2 N–H and O–H groups in total. The summed E-state index contributed by atoms with van der Waals surface area (Å²) < 4.78 is 0. The summed E-state index contributed by atoms with van der Waals surface area (Å²) in [5.41, 5.74) is 4.72. The summed E-state index contributed by atoms with van der Waals surface area (Å²) >= 11 is 0. The van der Waals surface area contributed by atoms with Crippen molar-refractivity contribution in [3.8, 4) is 0 Å². The van der Waals surface area contributed by atoms with Gasteiger partial charge in [-0.05, 0) is 42.2 Å². The molecule has 0 amide bonds. The lowest BCUT2D eigenvalue weighted by atomic mass is 10.0. The maximum atomic E-state index is 4.58. The van der Waals surface area contributed by atoms with Gasteiger partial charge in [0, 0.05) is 17.6 Å². The summed E-state index contributed by atoms with van der Waals surface area (Å²) in [4.78, 5) is 8.88. The summed E-state index contributed by atoms with van der Waals surface area (Å²) in [5.74, 6) is 1.37. The molecule has 2 aromatic carbocycles. The minimum absolute atomic E-state index is 0.582. The van der Waals surface area contributed by atoms with Crippen LogP contribution in [0.25, 0.3) is 0 Å². The zero-order valence-electron chi connectivity index (χ0n) is 14.1. The van der Waals surface area contributed by atoms with Crippen LogP contribution in [0.1, 0.15) is 25.0 Å². The topological polar surface area (TPSA) is 49.8 Å². The summed E-state index contributed by atoms with van der Waals surface area (Å²) in [5, 5.41) is 6.70. The molecule has 3 rings (SSSR count). The monoisotopic (exact) mass is 318 g/mol. The van der Waals surface area contributed by atoms with Crippen LogP contribution in [0, 0.1) is 0 Å². The van der Waals surface area contributed by atoms with Crippen molar-refractivity contribution in [2.75, 3.05) is 10.6 Å². The lowest BCUT2D eigenvalue weighted by Crippen LogP contribution is -2.04. The molecule has 0 aliphatic rings. The predicted molar refractivity (Wildman–Crippen MR) is 100 cm³/mol. The number of nitrogens with zero attached hydrogens (tertiary/aromatic N) is 2. The first-order chi connectivity index (χ1) is 11.8. The number of benzene rings is 2. The van der Waals surface area contributed by atoms with Gasteiger partial charge in [0.15, 0.2) is 0 Å². The molecule has 0 unspecified atom stereocenters. The molecule has 1 heterocycles.